The van der Waals surface area contributed by atoms with Crippen LogP contribution in [-0.2, 0) is 3.07 Å². The summed E-state index contributed by atoms with van der Waals surface area (Å²) in [5, 5.41) is 10.3. The number of hydrogen-bond donors (Lipinski definition) is 0. The molecule has 0 atom stereocenters. The van der Waals surface area contributed by atoms with E-state index in [0.717, 1.165) is 0 Å². The van der Waals surface area contributed by atoms with Crippen LogP contribution in [0.4, 0.5) is 0 Å². The zero-order valence-corrected chi connectivity index (χ0v) is 7.57. The van der Waals surface area contributed by atoms with E-state index in [-0.39, 0.29) is 5.56 Å². The fraction of sp³-hybridized carbons (Fsp3) is 0. The molecule has 3 nitrogen and oxygen atoms in total. The van der Waals surface area contributed by atoms with Gasteiger partial charge in [-0.15, -0.1) is 0 Å². The summed E-state index contributed by atoms with van der Waals surface area (Å²) in [4.78, 5) is 10.3. The second-order valence-electron chi connectivity index (χ2n) is 1.84. The van der Waals surface area contributed by atoms with Crippen LogP contribution < -0.4 is 5.11 Å². The zero-order valence-electron chi connectivity index (χ0n) is 5.41. The first-order chi connectivity index (χ1) is 5.25. The van der Waals surface area contributed by atoms with Crippen LogP contribution in [0.1, 0.15) is 10.4 Å². The number of halogens is 1. The van der Waals surface area contributed by atoms with E-state index in [4.69, 9.17) is 0 Å². The van der Waals surface area contributed by atoms with Gasteiger partial charge in [-0.05, 0) is 6.07 Å². The molecule has 1 aromatic rings. The maximum absolute atomic E-state index is 10.5. The summed E-state index contributed by atoms with van der Waals surface area (Å²) in [7, 11) is 0. The molecular formula is C7H4IO3-. The second-order valence-corrected chi connectivity index (χ2v) is 3.45. The number of carboxylic acid groups (broad SMARTS) is 1. The molecule has 0 unspecified atom stereocenters. The van der Waals surface area contributed by atoms with Crippen molar-refractivity contribution in [1.29, 1.82) is 0 Å². The minimum Gasteiger partial charge on any atom is -0.545 e. The molecule has 0 aliphatic heterocycles. The molecule has 0 radical (unpaired) electrons. The van der Waals surface area contributed by atoms with Crippen LogP contribution in [0.25, 0.3) is 0 Å². The Balaban J connectivity index is 3.22. The van der Waals surface area contributed by atoms with Gasteiger partial charge in [0.25, 0.3) is 0 Å². The molecular weight excluding hydrogens is 259 g/mol. The van der Waals surface area contributed by atoms with Crippen molar-refractivity contribution in [3.63, 3.8) is 0 Å². The first-order valence-corrected chi connectivity index (χ1v) is 4.79. The number of benzene rings is 1. The van der Waals surface area contributed by atoms with E-state index < -0.39 is 27.2 Å². The molecule has 0 aromatic heterocycles. The monoisotopic (exact) mass is 263 g/mol. The molecule has 0 spiro atoms. The first kappa shape index (κ1) is 8.32. The lowest BCUT2D eigenvalue weighted by molar-refractivity contribution is -0.255. The Morgan fingerprint density at radius 2 is 2.00 bits per heavy atom. The molecule has 58 valence electrons. The lowest BCUT2D eigenvalue weighted by Crippen LogP contribution is -2.23. The van der Waals surface area contributed by atoms with Crippen LogP contribution >= 0.6 is 21.2 Å². The Morgan fingerprint density at radius 3 is 2.45 bits per heavy atom. The molecule has 0 aliphatic carbocycles. The number of rotatable bonds is 2. The van der Waals surface area contributed by atoms with Crippen LogP contribution in [0.5, 0.6) is 0 Å². The van der Waals surface area contributed by atoms with E-state index in [1.54, 1.807) is 12.1 Å². The minimum absolute atomic E-state index is 0.0373. The molecule has 1 rings (SSSR count). The number of carboxylic acids is 1. The summed E-state index contributed by atoms with van der Waals surface area (Å²) in [5.41, 5.74) is 0.0373. The van der Waals surface area contributed by atoms with E-state index in [1.807, 2.05) is 0 Å². The molecule has 0 saturated carbocycles. The van der Waals surface area contributed by atoms with Crippen molar-refractivity contribution in [3.8, 4) is 0 Å². The second kappa shape index (κ2) is 3.56. The van der Waals surface area contributed by atoms with E-state index in [1.165, 1.54) is 12.1 Å². The third-order valence-electron chi connectivity index (χ3n) is 1.18. The molecule has 0 aliphatic rings. The van der Waals surface area contributed by atoms with Crippen LogP contribution in [-0.4, -0.2) is 5.97 Å². The topological polar surface area (TPSA) is 57.2 Å². The van der Waals surface area contributed by atoms with Gasteiger partial charge in [-0.25, -0.2) is 0 Å². The van der Waals surface area contributed by atoms with Crippen molar-refractivity contribution in [2.45, 2.75) is 0 Å². The summed E-state index contributed by atoms with van der Waals surface area (Å²) < 4.78 is 10.9. The highest BCUT2D eigenvalue weighted by atomic mass is 127. The Morgan fingerprint density at radius 1 is 1.36 bits per heavy atom. The molecule has 11 heavy (non-hydrogen) atoms. The molecule has 1 aromatic carbocycles. The van der Waals surface area contributed by atoms with Gasteiger partial charge >= 0.3 is 0 Å². The van der Waals surface area contributed by atoms with Gasteiger partial charge in [-0.2, -0.15) is 0 Å². The molecule has 0 bridgehead atoms. The Hall–Kier alpha value is -0.780. The average molecular weight is 263 g/mol. The number of hydrogen-bond acceptors (Lipinski definition) is 3. The molecule has 0 amide bonds. The summed E-state index contributed by atoms with van der Waals surface area (Å²) in [6.45, 7) is 0. The summed E-state index contributed by atoms with van der Waals surface area (Å²) in [6.07, 6.45) is 0. The van der Waals surface area contributed by atoms with Gasteiger partial charge in [0, 0.05) is 5.56 Å². The van der Waals surface area contributed by atoms with Crippen molar-refractivity contribution < 1.29 is 13.0 Å². The third-order valence-corrected chi connectivity index (χ3v) is 2.59. The van der Waals surface area contributed by atoms with E-state index in [0.29, 0.717) is 3.57 Å². The van der Waals surface area contributed by atoms with Crippen molar-refractivity contribution >= 4 is 27.2 Å². The summed E-state index contributed by atoms with van der Waals surface area (Å²) in [6, 6.07) is 6.15. The van der Waals surface area contributed by atoms with Gasteiger partial charge in [-0.1, -0.05) is 18.2 Å². The Labute approximate surface area is 73.7 Å². The number of aromatic carboxylic acids is 1. The van der Waals surface area contributed by atoms with Crippen LogP contribution in [0, 0.1) is 3.57 Å². The average Bonchev–Trinajstić information content (AvgIpc) is 2.04. The Bertz CT molecular complexity index is 295. The summed E-state index contributed by atoms with van der Waals surface area (Å²) in [5.74, 6) is -1.27. The highest BCUT2D eigenvalue weighted by Crippen LogP contribution is 2.14. The van der Waals surface area contributed by atoms with Gasteiger partial charge in [0.1, 0.15) is 0 Å². The quantitative estimate of drug-likeness (QED) is 0.731. The minimum atomic E-state index is -1.42. The molecule has 0 saturated heterocycles. The molecule has 0 N–H and O–H groups in total. The van der Waals surface area contributed by atoms with Crippen LogP contribution in [0.15, 0.2) is 24.3 Å². The molecule has 0 heterocycles. The highest BCUT2D eigenvalue weighted by Gasteiger charge is 1.99. The fourth-order valence-corrected chi connectivity index (χ4v) is 1.69. The van der Waals surface area contributed by atoms with Crippen molar-refractivity contribution in [1.82, 2.24) is 0 Å². The van der Waals surface area contributed by atoms with Crippen molar-refractivity contribution in [3.05, 3.63) is 33.4 Å². The molecule has 4 heteroatoms. The first-order valence-electron chi connectivity index (χ1n) is 2.83. The van der Waals surface area contributed by atoms with Crippen LogP contribution in [0.3, 0.4) is 0 Å². The van der Waals surface area contributed by atoms with Crippen molar-refractivity contribution in [2.75, 3.05) is 0 Å². The zero-order chi connectivity index (χ0) is 8.27. The number of carbonyl (C=O) groups is 1. The van der Waals surface area contributed by atoms with Crippen LogP contribution in [0.2, 0.25) is 0 Å². The van der Waals surface area contributed by atoms with Gasteiger partial charge < -0.3 is 9.90 Å². The highest BCUT2D eigenvalue weighted by molar-refractivity contribution is 14.1. The maximum Gasteiger partial charge on any atom is 0.182 e. The lowest BCUT2D eigenvalue weighted by atomic mass is 10.2. The Kier molecular flexibility index (Phi) is 2.70. The molecule has 0 fully saturated rings. The van der Waals surface area contributed by atoms with Crippen molar-refractivity contribution in [2.24, 2.45) is 0 Å². The SMILES string of the molecule is O=Ic1ccccc1C(=O)[O-]. The third kappa shape index (κ3) is 1.83. The number of carbonyl (C=O) groups excluding carboxylic acids is 1. The van der Waals surface area contributed by atoms with E-state index >= 15 is 0 Å². The van der Waals surface area contributed by atoms with E-state index in [2.05, 4.69) is 0 Å². The van der Waals surface area contributed by atoms with Gasteiger partial charge in [0.15, 0.2) is 21.2 Å². The fourth-order valence-electron chi connectivity index (χ4n) is 0.694. The maximum atomic E-state index is 10.5. The largest absolute Gasteiger partial charge is 0.545 e. The van der Waals surface area contributed by atoms with Gasteiger partial charge in [0.2, 0.25) is 0 Å². The normalized spacial score (nSPS) is 9.45. The predicted octanol–water partition coefficient (Wildman–Crippen LogP) is 0.536. The summed E-state index contributed by atoms with van der Waals surface area (Å²) >= 11 is -1.42. The standard InChI is InChI=1S/C7H5IO3/c9-7(10)5-3-1-2-4-6(5)8-11/h1-4H,(H,9,10)/p-1. The predicted molar refractivity (Wildman–Crippen MR) is 44.2 cm³/mol. The van der Waals surface area contributed by atoms with Gasteiger partial charge in [0.05, 0.1) is 9.54 Å². The lowest BCUT2D eigenvalue weighted by Gasteiger charge is -2.02. The van der Waals surface area contributed by atoms with Gasteiger partial charge in [-0.3, -0.25) is 3.07 Å². The smallest absolute Gasteiger partial charge is 0.182 e. The van der Waals surface area contributed by atoms with E-state index in [9.17, 15) is 13.0 Å².